The summed E-state index contributed by atoms with van der Waals surface area (Å²) in [6.07, 6.45) is 5.66. The second-order valence-corrected chi connectivity index (χ2v) is 7.14. The molecule has 0 atom stereocenters. The fraction of sp³-hybridized carbons (Fsp3) is 0.667. The molecule has 0 aromatic heterocycles. The van der Waals surface area contributed by atoms with Gasteiger partial charge >= 0.3 is 0 Å². The molecule has 0 spiro atoms. The van der Waals surface area contributed by atoms with Crippen LogP contribution in [0.2, 0.25) is 0 Å². The van der Waals surface area contributed by atoms with Crippen LogP contribution in [0.25, 0.3) is 0 Å². The Labute approximate surface area is 152 Å². The maximum Gasteiger partial charge on any atom is 0.222 e. The standard InChI is InChI=1S/C21H34N2O2/c1-4-14-23(19-10-12-22-13-11-19)21(24)7-5-6-15-25-20-16-17(2)8-9-18(20)3/h8-9,16,19,22H,4-7,10-15H2,1-3H3. The molecule has 0 radical (unpaired) electrons. The Morgan fingerprint density at radius 1 is 1.24 bits per heavy atom. The third-order valence-corrected chi connectivity index (χ3v) is 4.92. The maximum atomic E-state index is 12.6. The predicted molar refractivity (Wildman–Crippen MR) is 103 cm³/mol. The summed E-state index contributed by atoms with van der Waals surface area (Å²) in [5.74, 6) is 1.29. The SMILES string of the molecule is CCCN(C(=O)CCCCOc1cc(C)ccc1C)C1CCNCC1. The van der Waals surface area contributed by atoms with Crippen LogP contribution >= 0.6 is 0 Å². The minimum atomic E-state index is 0.320. The van der Waals surface area contributed by atoms with Crippen molar-refractivity contribution in [3.05, 3.63) is 29.3 Å². The van der Waals surface area contributed by atoms with Gasteiger partial charge in [-0.2, -0.15) is 0 Å². The number of piperidine rings is 1. The van der Waals surface area contributed by atoms with Gasteiger partial charge in [-0.15, -0.1) is 0 Å². The van der Waals surface area contributed by atoms with Crippen molar-refractivity contribution < 1.29 is 9.53 Å². The molecule has 0 aliphatic carbocycles. The van der Waals surface area contributed by atoms with Gasteiger partial charge in [0, 0.05) is 19.0 Å². The highest BCUT2D eigenvalue weighted by atomic mass is 16.5. The van der Waals surface area contributed by atoms with Gasteiger partial charge in [-0.25, -0.2) is 0 Å². The minimum Gasteiger partial charge on any atom is -0.493 e. The molecule has 25 heavy (non-hydrogen) atoms. The van der Waals surface area contributed by atoms with Crippen molar-refractivity contribution in [2.24, 2.45) is 0 Å². The normalized spacial score (nSPS) is 15.2. The summed E-state index contributed by atoms with van der Waals surface area (Å²) in [7, 11) is 0. The van der Waals surface area contributed by atoms with Crippen molar-refractivity contribution in [1.29, 1.82) is 0 Å². The Balaban J connectivity index is 1.71. The van der Waals surface area contributed by atoms with Crippen molar-refractivity contribution in [2.45, 2.75) is 65.3 Å². The van der Waals surface area contributed by atoms with Gasteiger partial charge in [0.15, 0.2) is 0 Å². The Bertz CT molecular complexity index is 539. The number of amides is 1. The molecule has 2 rings (SSSR count). The van der Waals surface area contributed by atoms with Crippen molar-refractivity contribution in [2.75, 3.05) is 26.2 Å². The van der Waals surface area contributed by atoms with Crippen LogP contribution in [0.1, 0.15) is 56.6 Å². The summed E-state index contributed by atoms with van der Waals surface area (Å²) >= 11 is 0. The average molecular weight is 347 g/mol. The zero-order valence-electron chi connectivity index (χ0n) is 16.1. The summed E-state index contributed by atoms with van der Waals surface area (Å²) in [6.45, 7) is 9.93. The molecule has 1 heterocycles. The lowest BCUT2D eigenvalue weighted by atomic mass is 10.0. The highest BCUT2D eigenvalue weighted by Gasteiger charge is 2.23. The smallest absolute Gasteiger partial charge is 0.222 e. The van der Waals surface area contributed by atoms with Crippen LogP contribution in [-0.4, -0.2) is 43.1 Å². The number of aryl methyl sites for hydroxylation is 2. The Kier molecular flexibility index (Phi) is 8.26. The van der Waals surface area contributed by atoms with Gasteiger partial charge < -0.3 is 15.0 Å². The van der Waals surface area contributed by atoms with E-state index in [1.165, 1.54) is 11.1 Å². The number of unbranched alkanes of at least 4 members (excludes halogenated alkanes) is 1. The van der Waals surface area contributed by atoms with Gasteiger partial charge in [-0.3, -0.25) is 4.79 Å². The van der Waals surface area contributed by atoms with Crippen LogP contribution < -0.4 is 10.1 Å². The molecular formula is C21H34N2O2. The number of benzene rings is 1. The van der Waals surface area contributed by atoms with Gasteiger partial charge in [-0.1, -0.05) is 19.1 Å². The number of nitrogens with one attached hydrogen (secondary N) is 1. The zero-order valence-corrected chi connectivity index (χ0v) is 16.1. The number of carbonyl (C=O) groups excluding carboxylic acids is 1. The van der Waals surface area contributed by atoms with E-state index in [1.807, 2.05) is 0 Å². The lowest BCUT2D eigenvalue weighted by Crippen LogP contribution is -2.46. The lowest BCUT2D eigenvalue weighted by molar-refractivity contribution is -0.134. The summed E-state index contributed by atoms with van der Waals surface area (Å²) in [4.78, 5) is 14.8. The van der Waals surface area contributed by atoms with E-state index in [9.17, 15) is 4.79 Å². The van der Waals surface area contributed by atoms with Crippen LogP contribution in [0.5, 0.6) is 5.75 Å². The van der Waals surface area contributed by atoms with E-state index in [1.54, 1.807) is 0 Å². The van der Waals surface area contributed by atoms with E-state index >= 15 is 0 Å². The van der Waals surface area contributed by atoms with E-state index in [0.717, 1.165) is 57.5 Å². The van der Waals surface area contributed by atoms with Gasteiger partial charge in [0.1, 0.15) is 5.75 Å². The largest absolute Gasteiger partial charge is 0.493 e. The molecule has 4 heteroatoms. The summed E-state index contributed by atoms with van der Waals surface area (Å²) < 4.78 is 5.89. The van der Waals surface area contributed by atoms with E-state index in [4.69, 9.17) is 4.74 Å². The molecule has 1 aliphatic rings. The Morgan fingerprint density at radius 3 is 2.72 bits per heavy atom. The number of nitrogens with zero attached hydrogens (tertiary/aromatic N) is 1. The van der Waals surface area contributed by atoms with Crippen LogP contribution in [0.15, 0.2) is 18.2 Å². The second kappa shape index (κ2) is 10.4. The molecule has 0 unspecified atom stereocenters. The molecule has 1 N–H and O–H groups in total. The maximum absolute atomic E-state index is 12.6. The second-order valence-electron chi connectivity index (χ2n) is 7.14. The zero-order chi connectivity index (χ0) is 18.1. The summed E-state index contributed by atoms with van der Waals surface area (Å²) in [5, 5.41) is 3.38. The quantitative estimate of drug-likeness (QED) is 0.691. The third-order valence-electron chi connectivity index (χ3n) is 4.92. The highest BCUT2D eigenvalue weighted by Crippen LogP contribution is 2.20. The molecule has 1 fully saturated rings. The third kappa shape index (κ3) is 6.35. The molecule has 1 aromatic rings. The van der Waals surface area contributed by atoms with Crippen LogP contribution in [0, 0.1) is 13.8 Å². The van der Waals surface area contributed by atoms with Crippen molar-refractivity contribution in [1.82, 2.24) is 10.2 Å². The van der Waals surface area contributed by atoms with E-state index in [0.29, 0.717) is 25.0 Å². The topological polar surface area (TPSA) is 41.6 Å². The minimum absolute atomic E-state index is 0.320. The molecule has 0 bridgehead atoms. The number of rotatable bonds is 9. The molecule has 1 aliphatic heterocycles. The lowest BCUT2D eigenvalue weighted by Gasteiger charge is -2.34. The molecule has 0 saturated carbocycles. The molecule has 140 valence electrons. The van der Waals surface area contributed by atoms with Gasteiger partial charge in [0.25, 0.3) is 0 Å². The summed E-state index contributed by atoms with van der Waals surface area (Å²) in [6, 6.07) is 6.71. The highest BCUT2D eigenvalue weighted by molar-refractivity contribution is 5.76. The molecule has 1 saturated heterocycles. The first-order chi connectivity index (χ1) is 12.1. The Hall–Kier alpha value is -1.55. The van der Waals surface area contributed by atoms with Crippen molar-refractivity contribution >= 4 is 5.91 Å². The van der Waals surface area contributed by atoms with Gasteiger partial charge in [0.05, 0.1) is 6.61 Å². The fourth-order valence-corrected chi connectivity index (χ4v) is 3.44. The first-order valence-electron chi connectivity index (χ1n) is 9.82. The first-order valence-corrected chi connectivity index (χ1v) is 9.82. The number of ether oxygens (including phenoxy) is 1. The van der Waals surface area contributed by atoms with E-state index < -0.39 is 0 Å². The van der Waals surface area contributed by atoms with Gasteiger partial charge in [-0.05, 0) is 76.2 Å². The van der Waals surface area contributed by atoms with Gasteiger partial charge in [0.2, 0.25) is 5.91 Å². The predicted octanol–water partition coefficient (Wildman–Crippen LogP) is 3.84. The number of hydrogen-bond donors (Lipinski definition) is 1. The van der Waals surface area contributed by atoms with Crippen LogP contribution in [-0.2, 0) is 4.79 Å². The molecular weight excluding hydrogens is 312 g/mol. The number of hydrogen-bond acceptors (Lipinski definition) is 3. The average Bonchev–Trinajstić information content (AvgIpc) is 2.62. The van der Waals surface area contributed by atoms with E-state index in [2.05, 4.69) is 49.2 Å². The molecule has 4 nitrogen and oxygen atoms in total. The van der Waals surface area contributed by atoms with Crippen molar-refractivity contribution in [3.8, 4) is 5.75 Å². The summed E-state index contributed by atoms with van der Waals surface area (Å²) in [5.41, 5.74) is 2.38. The number of carbonyl (C=O) groups is 1. The Morgan fingerprint density at radius 2 is 2.00 bits per heavy atom. The fourth-order valence-electron chi connectivity index (χ4n) is 3.44. The van der Waals surface area contributed by atoms with E-state index in [-0.39, 0.29) is 0 Å². The van der Waals surface area contributed by atoms with Crippen LogP contribution in [0.3, 0.4) is 0 Å². The van der Waals surface area contributed by atoms with Crippen LogP contribution in [0.4, 0.5) is 0 Å². The first kappa shape index (κ1) is 19.8. The monoisotopic (exact) mass is 346 g/mol. The molecule has 1 amide bonds. The molecule has 1 aromatic carbocycles. The van der Waals surface area contributed by atoms with Crippen molar-refractivity contribution in [3.63, 3.8) is 0 Å².